The van der Waals surface area contributed by atoms with Gasteiger partial charge in [0.15, 0.2) is 11.5 Å². The molecular weight excluding hydrogens is 394 g/mol. The van der Waals surface area contributed by atoms with Gasteiger partial charge in [-0.2, -0.15) is 0 Å². The lowest BCUT2D eigenvalue weighted by Crippen LogP contribution is -2.46. The van der Waals surface area contributed by atoms with Gasteiger partial charge in [-0.25, -0.2) is 0 Å². The minimum absolute atomic E-state index is 0.0311. The number of ether oxygens (including phenoxy) is 3. The van der Waals surface area contributed by atoms with Crippen molar-refractivity contribution < 1.29 is 19.0 Å². The van der Waals surface area contributed by atoms with Gasteiger partial charge in [-0.3, -0.25) is 9.69 Å². The molecule has 0 bridgehead atoms. The molecule has 0 radical (unpaired) electrons. The Morgan fingerprint density at radius 2 is 1.58 bits per heavy atom. The Balaban J connectivity index is 1.45. The fraction of sp³-hybridized carbons (Fsp3) is 0.458. The molecule has 0 aromatic heterocycles. The minimum Gasteiger partial charge on any atom is -0.493 e. The number of rotatable bonds is 9. The number of carbonyl (C=O) groups excluding carboxylic acids is 1. The van der Waals surface area contributed by atoms with Crippen LogP contribution in [0.5, 0.6) is 17.2 Å². The van der Waals surface area contributed by atoms with Crippen molar-refractivity contribution in [1.29, 1.82) is 0 Å². The smallest absolute Gasteiger partial charge is 0.225 e. The standard InChI is InChI=1S/C24H33N3O4/c1-18-6-5-7-19(14-18)17-27-12-10-26(11-13-27)9-8-23(28)25-20-15-21(29-2)24(31-4)22(16-20)30-3/h5-7,14-16H,8-13,17H2,1-4H3,(H,25,28). The molecule has 1 amide bonds. The maximum absolute atomic E-state index is 12.5. The molecule has 1 saturated heterocycles. The molecule has 0 spiro atoms. The van der Waals surface area contributed by atoms with Crippen molar-refractivity contribution in [2.24, 2.45) is 0 Å². The van der Waals surface area contributed by atoms with E-state index in [2.05, 4.69) is 46.3 Å². The number of carbonyl (C=O) groups is 1. The molecule has 31 heavy (non-hydrogen) atoms. The summed E-state index contributed by atoms with van der Waals surface area (Å²) in [6.07, 6.45) is 0.439. The van der Waals surface area contributed by atoms with Crippen LogP contribution in [0.15, 0.2) is 36.4 Å². The average molecular weight is 428 g/mol. The van der Waals surface area contributed by atoms with Crippen LogP contribution >= 0.6 is 0 Å². The third-order valence-corrected chi connectivity index (χ3v) is 5.56. The number of nitrogens with one attached hydrogen (secondary N) is 1. The fourth-order valence-corrected chi connectivity index (χ4v) is 3.88. The van der Waals surface area contributed by atoms with Crippen molar-refractivity contribution in [2.45, 2.75) is 19.9 Å². The highest BCUT2D eigenvalue weighted by Gasteiger charge is 2.18. The Kier molecular flexibility index (Phi) is 8.14. The Morgan fingerprint density at radius 1 is 0.935 bits per heavy atom. The fourth-order valence-electron chi connectivity index (χ4n) is 3.88. The van der Waals surface area contributed by atoms with Crippen LogP contribution < -0.4 is 19.5 Å². The SMILES string of the molecule is COc1cc(NC(=O)CCN2CCN(Cc3cccc(C)c3)CC2)cc(OC)c1OC. The summed E-state index contributed by atoms with van der Waals surface area (Å²) in [4.78, 5) is 17.3. The van der Waals surface area contributed by atoms with E-state index in [1.807, 2.05) is 0 Å². The summed E-state index contributed by atoms with van der Waals surface area (Å²) in [6.45, 7) is 7.84. The first-order valence-electron chi connectivity index (χ1n) is 10.6. The van der Waals surface area contributed by atoms with Gasteiger partial charge < -0.3 is 24.4 Å². The first kappa shape index (κ1) is 22.9. The number of hydrogen-bond donors (Lipinski definition) is 1. The Labute approximate surface area is 184 Å². The van der Waals surface area contributed by atoms with Crippen LogP contribution in [0.3, 0.4) is 0 Å². The van der Waals surface area contributed by atoms with Gasteiger partial charge in [-0.1, -0.05) is 29.8 Å². The quantitative estimate of drug-likeness (QED) is 0.663. The summed E-state index contributed by atoms with van der Waals surface area (Å²) in [5.41, 5.74) is 3.29. The number of methoxy groups -OCH3 is 3. The van der Waals surface area contributed by atoms with Crippen LogP contribution in [0, 0.1) is 6.92 Å². The number of amides is 1. The van der Waals surface area contributed by atoms with Crippen LogP contribution in [0.2, 0.25) is 0 Å². The molecule has 3 rings (SSSR count). The lowest BCUT2D eigenvalue weighted by molar-refractivity contribution is -0.116. The van der Waals surface area contributed by atoms with Crippen molar-refractivity contribution in [3.8, 4) is 17.2 Å². The largest absolute Gasteiger partial charge is 0.493 e. The number of nitrogens with zero attached hydrogens (tertiary/aromatic N) is 2. The zero-order valence-electron chi connectivity index (χ0n) is 18.9. The van der Waals surface area contributed by atoms with Crippen molar-refractivity contribution in [3.63, 3.8) is 0 Å². The van der Waals surface area contributed by atoms with E-state index < -0.39 is 0 Å². The Morgan fingerprint density at radius 3 is 2.16 bits per heavy atom. The van der Waals surface area contributed by atoms with E-state index >= 15 is 0 Å². The number of piperazine rings is 1. The van der Waals surface area contributed by atoms with Gasteiger partial charge in [-0.15, -0.1) is 0 Å². The molecule has 168 valence electrons. The average Bonchev–Trinajstić information content (AvgIpc) is 2.78. The normalized spacial score (nSPS) is 14.8. The first-order valence-corrected chi connectivity index (χ1v) is 10.6. The molecular formula is C24H33N3O4. The van der Waals surface area contributed by atoms with Crippen molar-refractivity contribution in [1.82, 2.24) is 9.80 Å². The van der Waals surface area contributed by atoms with Gasteiger partial charge in [0, 0.05) is 63.5 Å². The maximum atomic E-state index is 12.5. The summed E-state index contributed by atoms with van der Waals surface area (Å²) in [5, 5.41) is 2.94. The highest BCUT2D eigenvalue weighted by atomic mass is 16.5. The molecule has 1 N–H and O–H groups in total. The number of hydrogen-bond acceptors (Lipinski definition) is 6. The molecule has 7 nitrogen and oxygen atoms in total. The zero-order valence-corrected chi connectivity index (χ0v) is 18.9. The molecule has 1 fully saturated rings. The molecule has 0 atom stereocenters. The number of anilines is 1. The predicted molar refractivity (Wildman–Crippen MR) is 122 cm³/mol. The highest BCUT2D eigenvalue weighted by Crippen LogP contribution is 2.39. The molecule has 1 aliphatic heterocycles. The number of aryl methyl sites for hydroxylation is 1. The number of benzene rings is 2. The van der Waals surface area contributed by atoms with Gasteiger partial charge in [0.25, 0.3) is 0 Å². The molecule has 7 heteroatoms. The van der Waals surface area contributed by atoms with Crippen molar-refractivity contribution in [2.75, 3.05) is 59.4 Å². The summed E-state index contributed by atoms with van der Waals surface area (Å²) in [6, 6.07) is 12.2. The van der Waals surface area contributed by atoms with E-state index in [9.17, 15) is 4.79 Å². The van der Waals surface area contributed by atoms with E-state index in [0.29, 0.717) is 29.4 Å². The lowest BCUT2D eigenvalue weighted by Gasteiger charge is -2.34. The van der Waals surface area contributed by atoms with Gasteiger partial charge in [0.2, 0.25) is 11.7 Å². The topological polar surface area (TPSA) is 63.3 Å². The molecule has 1 heterocycles. The van der Waals surface area contributed by atoms with E-state index in [0.717, 1.165) is 39.3 Å². The van der Waals surface area contributed by atoms with Crippen LogP contribution in [-0.2, 0) is 11.3 Å². The van der Waals surface area contributed by atoms with E-state index in [1.54, 1.807) is 33.5 Å². The second-order valence-electron chi connectivity index (χ2n) is 7.82. The molecule has 0 aliphatic carbocycles. The first-order chi connectivity index (χ1) is 15.0. The molecule has 0 unspecified atom stereocenters. The van der Waals surface area contributed by atoms with E-state index in [4.69, 9.17) is 14.2 Å². The summed E-state index contributed by atoms with van der Waals surface area (Å²) < 4.78 is 16.0. The highest BCUT2D eigenvalue weighted by molar-refractivity contribution is 5.91. The summed E-state index contributed by atoms with van der Waals surface area (Å²) >= 11 is 0. The maximum Gasteiger partial charge on any atom is 0.225 e. The zero-order chi connectivity index (χ0) is 22.2. The molecule has 1 aliphatic rings. The molecule has 0 saturated carbocycles. The second-order valence-corrected chi connectivity index (χ2v) is 7.82. The van der Waals surface area contributed by atoms with Gasteiger partial charge in [0.05, 0.1) is 21.3 Å². The second kappa shape index (κ2) is 11.0. The minimum atomic E-state index is -0.0311. The van der Waals surface area contributed by atoms with Gasteiger partial charge in [0.1, 0.15) is 0 Å². The molecule has 2 aromatic carbocycles. The van der Waals surface area contributed by atoms with Crippen molar-refractivity contribution >= 4 is 11.6 Å². The molecule has 2 aromatic rings. The van der Waals surface area contributed by atoms with E-state index in [-0.39, 0.29) is 5.91 Å². The van der Waals surface area contributed by atoms with Crippen molar-refractivity contribution in [3.05, 3.63) is 47.5 Å². The Hall–Kier alpha value is -2.77. The predicted octanol–water partition coefficient (Wildman–Crippen LogP) is 3.17. The monoisotopic (exact) mass is 427 g/mol. The van der Waals surface area contributed by atoms with Crippen LogP contribution in [-0.4, -0.2) is 69.8 Å². The van der Waals surface area contributed by atoms with Crippen LogP contribution in [0.1, 0.15) is 17.5 Å². The lowest BCUT2D eigenvalue weighted by atomic mass is 10.1. The van der Waals surface area contributed by atoms with Gasteiger partial charge in [-0.05, 0) is 12.5 Å². The summed E-state index contributed by atoms with van der Waals surface area (Å²) in [7, 11) is 4.67. The third-order valence-electron chi connectivity index (χ3n) is 5.56. The summed E-state index contributed by atoms with van der Waals surface area (Å²) in [5.74, 6) is 1.51. The van der Waals surface area contributed by atoms with Crippen LogP contribution in [0.4, 0.5) is 5.69 Å². The Bertz CT molecular complexity index is 854. The van der Waals surface area contributed by atoms with E-state index in [1.165, 1.54) is 11.1 Å². The van der Waals surface area contributed by atoms with Crippen LogP contribution in [0.25, 0.3) is 0 Å². The van der Waals surface area contributed by atoms with Gasteiger partial charge >= 0.3 is 0 Å². The third kappa shape index (κ3) is 6.35.